The van der Waals surface area contributed by atoms with E-state index in [9.17, 15) is 4.79 Å². The first-order valence-corrected chi connectivity index (χ1v) is 9.44. The second kappa shape index (κ2) is 7.05. The van der Waals surface area contributed by atoms with Crippen molar-refractivity contribution in [2.75, 3.05) is 6.61 Å². The molecule has 0 aliphatic rings. The summed E-state index contributed by atoms with van der Waals surface area (Å²) in [6, 6.07) is 0. The van der Waals surface area contributed by atoms with Crippen molar-refractivity contribution in [3.05, 3.63) is 24.8 Å². The normalized spacial score (nSPS) is 14.8. The lowest BCUT2D eigenvalue weighted by Gasteiger charge is -2.37. The lowest BCUT2D eigenvalue weighted by Crippen LogP contribution is -2.41. The van der Waals surface area contributed by atoms with Gasteiger partial charge in [0.15, 0.2) is 14.1 Å². The summed E-state index contributed by atoms with van der Waals surface area (Å²) in [4.78, 5) is 10.8. The summed E-state index contributed by atoms with van der Waals surface area (Å²) in [6.45, 7) is 17.3. The number of allylic oxidation sites excluding steroid dienone is 2. The Bertz CT molecular complexity index is 311. The number of hydrogen-bond acceptors (Lipinski definition) is 2. The molecule has 3 heteroatoms. The molecule has 104 valence electrons. The third kappa shape index (κ3) is 6.31. The molecule has 18 heavy (non-hydrogen) atoms. The summed E-state index contributed by atoms with van der Waals surface area (Å²) in [5, 5.41) is 0.230. The monoisotopic (exact) mass is 268 g/mol. The summed E-state index contributed by atoms with van der Waals surface area (Å²) in [5.74, 6) is 0.373. The topological polar surface area (TPSA) is 26.3 Å². The first-order chi connectivity index (χ1) is 8.10. The summed E-state index contributed by atoms with van der Waals surface area (Å²) in [6.07, 6.45) is 6.25. The number of ketones is 1. The molecule has 0 aliphatic heterocycles. The highest BCUT2D eigenvalue weighted by Gasteiger charge is 2.37. The fraction of sp³-hybridized carbons (Fsp3) is 0.667. The largest absolute Gasteiger partial charge is 0.416 e. The Balaban J connectivity index is 4.32. The van der Waals surface area contributed by atoms with Crippen LogP contribution in [0.15, 0.2) is 24.8 Å². The van der Waals surface area contributed by atoms with E-state index in [2.05, 4.69) is 40.4 Å². The first-order valence-electron chi connectivity index (χ1n) is 6.54. The van der Waals surface area contributed by atoms with Crippen LogP contribution in [0.2, 0.25) is 18.1 Å². The summed E-state index contributed by atoms with van der Waals surface area (Å²) in [7, 11) is -1.68. The highest BCUT2D eigenvalue weighted by atomic mass is 28.4. The van der Waals surface area contributed by atoms with Crippen molar-refractivity contribution in [1.29, 1.82) is 0 Å². The molecular weight excluding hydrogens is 240 g/mol. The van der Waals surface area contributed by atoms with E-state index in [1.807, 2.05) is 12.2 Å². The highest BCUT2D eigenvalue weighted by molar-refractivity contribution is 6.74. The number of carbonyl (C=O) groups is 1. The molecule has 0 heterocycles. The van der Waals surface area contributed by atoms with Gasteiger partial charge in [-0.2, -0.15) is 0 Å². The van der Waals surface area contributed by atoms with E-state index in [-0.39, 0.29) is 16.7 Å². The third-order valence-corrected chi connectivity index (χ3v) is 8.09. The SMILES string of the molecule is C=C[C@H](CC=CC(C)=O)CO[Si](C)(C)C(C)(C)C. The van der Waals surface area contributed by atoms with E-state index >= 15 is 0 Å². The van der Waals surface area contributed by atoms with Crippen LogP contribution in [0.25, 0.3) is 0 Å². The van der Waals surface area contributed by atoms with Crippen molar-refractivity contribution in [3.8, 4) is 0 Å². The molecule has 0 aromatic rings. The lowest BCUT2D eigenvalue weighted by molar-refractivity contribution is -0.112. The molecule has 0 unspecified atom stereocenters. The van der Waals surface area contributed by atoms with Crippen molar-refractivity contribution in [2.45, 2.75) is 52.2 Å². The molecule has 0 aromatic heterocycles. The molecule has 2 nitrogen and oxygen atoms in total. The van der Waals surface area contributed by atoms with Gasteiger partial charge in [0.1, 0.15) is 0 Å². The van der Waals surface area contributed by atoms with Gasteiger partial charge in [-0.1, -0.05) is 32.9 Å². The quantitative estimate of drug-likeness (QED) is 0.390. The minimum atomic E-state index is -1.68. The average molecular weight is 268 g/mol. The predicted octanol–water partition coefficient (Wildman–Crippen LogP) is 4.35. The maximum Gasteiger partial charge on any atom is 0.192 e. The molecule has 0 saturated carbocycles. The lowest BCUT2D eigenvalue weighted by atomic mass is 10.1. The molecule has 0 aromatic carbocycles. The Morgan fingerprint density at radius 3 is 2.33 bits per heavy atom. The number of rotatable bonds is 7. The van der Waals surface area contributed by atoms with Crippen LogP contribution < -0.4 is 0 Å². The van der Waals surface area contributed by atoms with Crippen molar-refractivity contribution >= 4 is 14.1 Å². The number of hydrogen-bond donors (Lipinski definition) is 0. The molecule has 0 aliphatic carbocycles. The van der Waals surface area contributed by atoms with Gasteiger partial charge in [-0.05, 0) is 37.6 Å². The second-order valence-electron chi connectivity index (χ2n) is 6.32. The van der Waals surface area contributed by atoms with Gasteiger partial charge in [0.2, 0.25) is 0 Å². The zero-order valence-corrected chi connectivity index (χ0v) is 13.7. The van der Waals surface area contributed by atoms with Gasteiger partial charge in [-0.15, -0.1) is 6.58 Å². The fourth-order valence-corrected chi connectivity index (χ4v) is 2.24. The Morgan fingerprint density at radius 2 is 1.94 bits per heavy atom. The molecule has 0 fully saturated rings. The fourth-order valence-electron chi connectivity index (χ4n) is 1.17. The van der Waals surface area contributed by atoms with Crippen LogP contribution in [-0.2, 0) is 9.22 Å². The molecule has 0 bridgehead atoms. The molecule has 0 spiro atoms. The summed E-state index contributed by atoms with van der Waals surface area (Å²) < 4.78 is 6.15. The van der Waals surface area contributed by atoms with Crippen LogP contribution >= 0.6 is 0 Å². The van der Waals surface area contributed by atoms with Gasteiger partial charge in [-0.3, -0.25) is 4.79 Å². The molecule has 0 saturated heterocycles. The predicted molar refractivity (Wildman–Crippen MR) is 81.3 cm³/mol. The standard InChI is InChI=1S/C15H28O2Si/c1-8-14(11-9-10-13(2)16)12-17-18(6,7)15(3,4)5/h8-10,14H,1,11-12H2,2-7H3/t14-/m1/s1. The van der Waals surface area contributed by atoms with Crippen LogP contribution in [-0.4, -0.2) is 20.7 Å². The van der Waals surface area contributed by atoms with Crippen molar-refractivity contribution in [1.82, 2.24) is 0 Å². The highest BCUT2D eigenvalue weighted by Crippen LogP contribution is 2.36. The Hall–Kier alpha value is -0.673. The number of carbonyl (C=O) groups excluding carboxylic acids is 1. The van der Waals surface area contributed by atoms with Crippen LogP contribution in [0.1, 0.15) is 34.1 Å². The molecule has 0 amide bonds. The van der Waals surface area contributed by atoms with E-state index in [0.29, 0.717) is 6.61 Å². The van der Waals surface area contributed by atoms with Crippen molar-refractivity contribution in [2.24, 2.45) is 5.92 Å². The van der Waals surface area contributed by atoms with E-state index in [1.54, 1.807) is 13.0 Å². The van der Waals surface area contributed by atoms with Gasteiger partial charge in [0.25, 0.3) is 0 Å². The smallest absolute Gasteiger partial charge is 0.192 e. The van der Waals surface area contributed by atoms with Gasteiger partial charge in [0, 0.05) is 12.5 Å². The van der Waals surface area contributed by atoms with E-state index in [4.69, 9.17) is 4.43 Å². The van der Waals surface area contributed by atoms with E-state index in [1.165, 1.54) is 0 Å². The van der Waals surface area contributed by atoms with Crippen LogP contribution in [0.4, 0.5) is 0 Å². The summed E-state index contributed by atoms with van der Waals surface area (Å²) in [5.41, 5.74) is 0. The molecule has 0 rings (SSSR count). The van der Waals surface area contributed by atoms with Gasteiger partial charge >= 0.3 is 0 Å². The van der Waals surface area contributed by atoms with Crippen molar-refractivity contribution < 1.29 is 9.22 Å². The summed E-state index contributed by atoms with van der Waals surface area (Å²) >= 11 is 0. The van der Waals surface area contributed by atoms with Gasteiger partial charge < -0.3 is 4.43 Å². The Labute approximate surface area is 113 Å². The first kappa shape index (κ1) is 17.3. The Kier molecular flexibility index (Phi) is 6.78. The minimum absolute atomic E-state index is 0.0862. The average Bonchev–Trinajstić information content (AvgIpc) is 2.20. The maximum absolute atomic E-state index is 10.8. The van der Waals surface area contributed by atoms with Crippen LogP contribution in [0.5, 0.6) is 0 Å². The zero-order chi connectivity index (χ0) is 14.4. The van der Waals surface area contributed by atoms with Gasteiger partial charge in [-0.25, -0.2) is 0 Å². The maximum atomic E-state index is 10.8. The molecule has 0 N–H and O–H groups in total. The van der Waals surface area contributed by atoms with E-state index in [0.717, 1.165) is 6.42 Å². The van der Waals surface area contributed by atoms with Crippen LogP contribution in [0.3, 0.4) is 0 Å². The molecular formula is C15H28O2Si. The zero-order valence-electron chi connectivity index (χ0n) is 12.7. The molecule has 1 atom stereocenters. The van der Waals surface area contributed by atoms with Crippen molar-refractivity contribution in [3.63, 3.8) is 0 Å². The van der Waals surface area contributed by atoms with Crippen LogP contribution in [0, 0.1) is 5.92 Å². The minimum Gasteiger partial charge on any atom is -0.416 e. The Morgan fingerprint density at radius 1 is 1.39 bits per heavy atom. The molecule has 0 radical (unpaired) electrons. The third-order valence-electron chi connectivity index (χ3n) is 3.59. The second-order valence-corrected chi connectivity index (χ2v) is 11.1. The van der Waals surface area contributed by atoms with Gasteiger partial charge in [0.05, 0.1) is 0 Å². The van der Waals surface area contributed by atoms with E-state index < -0.39 is 8.32 Å².